The van der Waals surface area contributed by atoms with E-state index in [2.05, 4.69) is 18.8 Å². The van der Waals surface area contributed by atoms with Crippen LogP contribution in [0.5, 0.6) is 0 Å². The van der Waals surface area contributed by atoms with Crippen LogP contribution in [-0.4, -0.2) is 57.4 Å². The third-order valence-electron chi connectivity index (χ3n) is 1.56. The van der Waals surface area contributed by atoms with Crippen LogP contribution in [0.1, 0.15) is 13.8 Å². The monoisotopic (exact) mass is 247 g/mol. The van der Waals surface area contributed by atoms with E-state index in [1.165, 1.54) is 6.08 Å². The molecule has 84 valence electrons. The second-order valence-electron chi connectivity index (χ2n) is 3.19. The quantitative estimate of drug-likeness (QED) is 0.370. The molecule has 0 radical (unpaired) electrons. The molecule has 2 unspecified atom stereocenters. The molecule has 0 aromatic heterocycles. The zero-order valence-corrected chi connectivity index (χ0v) is 11.8. The van der Waals surface area contributed by atoms with Crippen molar-refractivity contribution in [3.8, 4) is 0 Å². The van der Waals surface area contributed by atoms with E-state index in [0.717, 1.165) is 27.9 Å². The number of carbonyl (C=O) groups is 1. The summed E-state index contributed by atoms with van der Waals surface area (Å²) in [6, 6.07) is 0.289. The summed E-state index contributed by atoms with van der Waals surface area (Å²) in [6.45, 7) is 7.51. The van der Waals surface area contributed by atoms with E-state index >= 15 is 0 Å². The van der Waals surface area contributed by atoms with Crippen molar-refractivity contribution in [1.82, 2.24) is 5.32 Å². The summed E-state index contributed by atoms with van der Waals surface area (Å²) in [5.41, 5.74) is 0. The second-order valence-corrected chi connectivity index (χ2v) is 5.91. The first kappa shape index (κ1) is 17.5. The van der Waals surface area contributed by atoms with E-state index in [-0.39, 0.29) is 11.9 Å². The van der Waals surface area contributed by atoms with Gasteiger partial charge in [-0.05, 0) is 0 Å². The molecule has 0 saturated carbocycles. The van der Waals surface area contributed by atoms with Crippen molar-refractivity contribution in [2.45, 2.75) is 23.1 Å². The summed E-state index contributed by atoms with van der Waals surface area (Å²) in [7, 11) is -4.67. The minimum atomic E-state index is -4.67. The molecule has 3 N–H and O–H groups in total. The zero-order chi connectivity index (χ0) is 12.6. The number of rotatable bonds is 3. The Balaban J connectivity index is 0. The van der Waals surface area contributed by atoms with E-state index in [1.807, 2.05) is 6.92 Å². The van der Waals surface area contributed by atoms with Crippen molar-refractivity contribution in [2.24, 2.45) is 0 Å². The predicted octanol–water partition coefficient (Wildman–Crippen LogP) is 0.00120. The van der Waals surface area contributed by atoms with Crippen molar-refractivity contribution >= 4 is 44.2 Å². The average Bonchev–Trinajstić information content (AvgIpc) is 2.00. The van der Waals surface area contributed by atoms with Crippen LogP contribution in [0.4, 0.5) is 0 Å². The van der Waals surface area contributed by atoms with E-state index in [0.29, 0.717) is 3.17 Å². The SMILES string of the molecule is C=CC(=O)NC(C)[CH](C)[Na].O=S(=O)(O)O. The first-order valence-electron chi connectivity index (χ1n) is 4.20. The molecule has 0 aliphatic carbocycles. The Hall–Kier alpha value is 0.0800. The molecule has 0 spiro atoms. The maximum Gasteiger partial charge on any atom is 0.394 e. The van der Waals surface area contributed by atoms with E-state index in [9.17, 15) is 4.79 Å². The molecular weight excluding hydrogens is 233 g/mol. The van der Waals surface area contributed by atoms with Gasteiger partial charge in [-0.2, -0.15) is 8.42 Å². The predicted molar refractivity (Wildman–Crippen MR) is 57.2 cm³/mol. The third kappa shape index (κ3) is 20.2. The fraction of sp³-hybridized carbons (Fsp3) is 0.571. The molecule has 8 heteroatoms. The molecule has 0 aromatic rings. The minimum absolute atomic E-state index is 0.0739. The number of amides is 1. The van der Waals surface area contributed by atoms with Crippen LogP contribution < -0.4 is 5.32 Å². The largest absolute Gasteiger partial charge is 0.394 e. The summed E-state index contributed by atoms with van der Waals surface area (Å²) in [5.74, 6) is -0.0739. The summed E-state index contributed by atoms with van der Waals surface area (Å²) in [5, 5.41) is 2.81. The standard InChI is InChI=1S/C7H12NO.Na.H2O4S/c1-4-6(3)8-7(9)5-2;;1-5(2,3)4/h4-6H,2H2,1,3H3,(H,8,9);;(H2,1,2,3,4). The normalized spacial score (nSPS) is 14.3. The zero-order valence-electron chi connectivity index (χ0n) is 8.97. The third-order valence-corrected chi connectivity index (χ3v) is 2.56. The molecule has 0 fully saturated rings. The van der Waals surface area contributed by atoms with Gasteiger partial charge in [0.05, 0.1) is 0 Å². The fourth-order valence-electron chi connectivity index (χ4n) is 0.450. The van der Waals surface area contributed by atoms with Crippen molar-refractivity contribution in [2.75, 3.05) is 0 Å². The van der Waals surface area contributed by atoms with Crippen LogP contribution in [0.15, 0.2) is 12.7 Å². The summed E-state index contributed by atoms with van der Waals surface area (Å²) < 4.78 is 32.2. The number of hydrogen-bond acceptors (Lipinski definition) is 3. The Kier molecular flexibility index (Phi) is 9.62. The Labute approximate surface area is 107 Å². The van der Waals surface area contributed by atoms with Gasteiger partial charge in [0.15, 0.2) is 0 Å². The van der Waals surface area contributed by atoms with Gasteiger partial charge >= 0.3 is 90.1 Å². The van der Waals surface area contributed by atoms with Crippen molar-refractivity contribution < 1.29 is 22.3 Å². The van der Waals surface area contributed by atoms with Crippen molar-refractivity contribution in [1.29, 1.82) is 0 Å². The van der Waals surface area contributed by atoms with Crippen molar-refractivity contribution in [3.63, 3.8) is 0 Å². The smallest absolute Gasteiger partial charge is 0.264 e. The van der Waals surface area contributed by atoms with E-state index in [1.54, 1.807) is 0 Å². The second kappa shape index (κ2) is 8.26. The number of carbonyl (C=O) groups excluding carboxylic acids is 1. The molecule has 0 aliphatic rings. The van der Waals surface area contributed by atoms with Gasteiger partial charge in [0, 0.05) is 0 Å². The van der Waals surface area contributed by atoms with Crippen LogP contribution in [0.25, 0.3) is 0 Å². The van der Waals surface area contributed by atoms with Gasteiger partial charge in [0.1, 0.15) is 0 Å². The van der Waals surface area contributed by atoms with Gasteiger partial charge in [0.2, 0.25) is 0 Å². The molecule has 2 atom stereocenters. The van der Waals surface area contributed by atoms with Gasteiger partial charge in [0.25, 0.3) is 0 Å². The molecule has 0 bridgehead atoms. The average molecular weight is 247 g/mol. The van der Waals surface area contributed by atoms with Gasteiger partial charge in [-0.3, -0.25) is 9.11 Å². The molecule has 0 aliphatic heterocycles. The van der Waals surface area contributed by atoms with Gasteiger partial charge in [-0.25, -0.2) is 0 Å². The Morgan fingerprint density at radius 2 is 1.80 bits per heavy atom. The van der Waals surface area contributed by atoms with E-state index in [4.69, 9.17) is 17.5 Å². The molecule has 15 heavy (non-hydrogen) atoms. The minimum Gasteiger partial charge on any atom is -0.264 e. The maximum absolute atomic E-state index is 10.7. The Bertz CT molecular complexity index is 293. The number of hydrogen-bond donors (Lipinski definition) is 3. The van der Waals surface area contributed by atoms with E-state index < -0.39 is 10.4 Å². The molecule has 1 amide bonds. The van der Waals surface area contributed by atoms with Crippen LogP contribution in [-0.2, 0) is 15.2 Å². The van der Waals surface area contributed by atoms with Crippen LogP contribution in [0.2, 0.25) is 3.17 Å². The first-order chi connectivity index (χ1) is 6.57. The van der Waals surface area contributed by atoms with Gasteiger partial charge in [-0.15, -0.1) is 0 Å². The van der Waals surface area contributed by atoms with Crippen LogP contribution in [0.3, 0.4) is 0 Å². The Morgan fingerprint density at radius 1 is 1.47 bits per heavy atom. The molecule has 0 rings (SSSR count). The van der Waals surface area contributed by atoms with Gasteiger partial charge in [-0.1, -0.05) is 0 Å². The molecule has 0 saturated heterocycles. The van der Waals surface area contributed by atoms with Crippen LogP contribution >= 0.6 is 0 Å². The Morgan fingerprint density at radius 3 is 2.00 bits per heavy atom. The summed E-state index contributed by atoms with van der Waals surface area (Å²) in [6.07, 6.45) is 1.31. The van der Waals surface area contributed by atoms with Crippen molar-refractivity contribution in [3.05, 3.63) is 12.7 Å². The molecule has 0 aromatic carbocycles. The van der Waals surface area contributed by atoms with Gasteiger partial charge < -0.3 is 0 Å². The number of nitrogens with one attached hydrogen (secondary N) is 1. The fourth-order valence-corrected chi connectivity index (χ4v) is 0.617. The molecule has 0 heterocycles. The summed E-state index contributed by atoms with van der Waals surface area (Å²) in [4.78, 5) is 10.7. The summed E-state index contributed by atoms with van der Waals surface area (Å²) >= 11 is 1.11. The first-order valence-corrected chi connectivity index (χ1v) is 6.76. The maximum atomic E-state index is 10.7. The van der Waals surface area contributed by atoms with Crippen LogP contribution in [0, 0.1) is 0 Å². The molecular formula is C7H14NNaO5S. The topological polar surface area (TPSA) is 104 Å². The molecule has 6 nitrogen and oxygen atoms in total.